The van der Waals surface area contributed by atoms with E-state index in [1.54, 1.807) is 0 Å². The number of hydrogen-bond donors (Lipinski definition) is 2. The minimum absolute atomic E-state index is 0.315. The lowest BCUT2D eigenvalue weighted by atomic mass is 10.0. The zero-order chi connectivity index (χ0) is 15.3. The molecule has 2 fully saturated rings. The summed E-state index contributed by atoms with van der Waals surface area (Å²) >= 11 is 1.87. The van der Waals surface area contributed by atoms with Gasteiger partial charge in [0.2, 0.25) is 0 Å². The van der Waals surface area contributed by atoms with Crippen LogP contribution in [0.15, 0.2) is 32.7 Å². The third kappa shape index (κ3) is 2.40. The molecule has 0 saturated carbocycles. The standard InChI is InChI=1S/C16H19N3O2S/c1-19-9-2-3-10(19)7-12(6-9)22-11-4-5-14-13(8-11)15(20)18-16(21)17-14/h4-5,8-10,12H,2-3,6-7H2,1H3,(H2,17,18,20,21)/t9-,10+,12?. The molecule has 0 spiro atoms. The van der Waals surface area contributed by atoms with Crippen molar-refractivity contribution < 1.29 is 0 Å². The summed E-state index contributed by atoms with van der Waals surface area (Å²) in [5.74, 6) is 0. The molecule has 0 radical (unpaired) electrons. The van der Waals surface area contributed by atoms with Crippen LogP contribution in [0.4, 0.5) is 0 Å². The summed E-state index contributed by atoms with van der Waals surface area (Å²) in [6, 6.07) is 7.17. The fraction of sp³-hybridized carbons (Fsp3) is 0.500. The predicted molar refractivity (Wildman–Crippen MR) is 88.6 cm³/mol. The molecule has 4 rings (SSSR count). The zero-order valence-corrected chi connectivity index (χ0v) is 13.3. The number of H-pyrrole nitrogens is 2. The van der Waals surface area contributed by atoms with Gasteiger partial charge >= 0.3 is 5.69 Å². The highest BCUT2D eigenvalue weighted by Gasteiger charge is 2.38. The van der Waals surface area contributed by atoms with Crippen LogP contribution >= 0.6 is 11.8 Å². The topological polar surface area (TPSA) is 69.0 Å². The smallest absolute Gasteiger partial charge is 0.307 e. The highest BCUT2D eigenvalue weighted by Crippen LogP contribution is 2.41. The summed E-state index contributed by atoms with van der Waals surface area (Å²) in [4.78, 5) is 31.8. The molecule has 2 aliphatic rings. The minimum Gasteiger partial charge on any atom is -0.307 e. The molecule has 1 aromatic heterocycles. The zero-order valence-electron chi connectivity index (χ0n) is 12.5. The molecule has 3 heterocycles. The molecule has 2 aromatic rings. The van der Waals surface area contributed by atoms with E-state index in [0.29, 0.717) is 16.2 Å². The van der Waals surface area contributed by atoms with Crippen LogP contribution in [-0.4, -0.2) is 39.2 Å². The molecule has 1 aromatic carbocycles. The van der Waals surface area contributed by atoms with Gasteiger partial charge in [0.1, 0.15) is 0 Å². The van der Waals surface area contributed by atoms with E-state index in [-0.39, 0.29) is 5.56 Å². The maximum absolute atomic E-state index is 11.9. The Balaban J connectivity index is 1.60. The molecule has 5 nitrogen and oxygen atoms in total. The average molecular weight is 317 g/mol. The molecule has 0 aliphatic carbocycles. The number of piperidine rings is 1. The van der Waals surface area contributed by atoms with Crippen molar-refractivity contribution in [2.24, 2.45) is 0 Å². The lowest BCUT2D eigenvalue weighted by molar-refractivity contribution is 0.183. The van der Waals surface area contributed by atoms with Crippen molar-refractivity contribution in [2.45, 2.75) is 47.9 Å². The number of hydrogen-bond acceptors (Lipinski definition) is 4. The first-order valence-electron chi connectivity index (χ1n) is 7.75. The van der Waals surface area contributed by atoms with Crippen molar-refractivity contribution in [2.75, 3.05) is 7.05 Å². The second-order valence-electron chi connectivity index (χ2n) is 6.38. The fourth-order valence-corrected chi connectivity index (χ4v) is 5.22. The number of nitrogens with one attached hydrogen (secondary N) is 2. The fourth-order valence-electron chi connectivity index (χ4n) is 3.87. The molecule has 2 aliphatic heterocycles. The summed E-state index contributed by atoms with van der Waals surface area (Å²) in [5.41, 5.74) is -0.170. The van der Waals surface area contributed by atoms with Gasteiger partial charge in [0, 0.05) is 22.2 Å². The third-order valence-electron chi connectivity index (χ3n) is 5.07. The number of thioether (sulfide) groups is 1. The van der Waals surface area contributed by atoms with E-state index in [9.17, 15) is 9.59 Å². The maximum atomic E-state index is 11.9. The second kappa shape index (κ2) is 5.28. The SMILES string of the molecule is CN1[C@@H]2CC[C@H]1CC(Sc1ccc3[nH]c(=O)[nH]c(=O)c3c1)C2. The molecule has 116 valence electrons. The Hall–Kier alpha value is -1.53. The van der Waals surface area contributed by atoms with Gasteiger partial charge in [-0.3, -0.25) is 9.78 Å². The summed E-state index contributed by atoms with van der Waals surface area (Å²) in [5, 5.41) is 1.17. The van der Waals surface area contributed by atoms with Gasteiger partial charge in [-0.1, -0.05) is 0 Å². The van der Waals surface area contributed by atoms with E-state index in [1.807, 2.05) is 30.0 Å². The Kier molecular flexibility index (Phi) is 3.38. The summed E-state index contributed by atoms with van der Waals surface area (Å²) in [6.07, 6.45) is 5.07. The average Bonchev–Trinajstić information content (AvgIpc) is 2.71. The van der Waals surface area contributed by atoms with E-state index < -0.39 is 5.69 Å². The minimum atomic E-state index is -0.454. The van der Waals surface area contributed by atoms with Gasteiger partial charge in [0.05, 0.1) is 10.9 Å². The monoisotopic (exact) mass is 317 g/mol. The van der Waals surface area contributed by atoms with E-state index >= 15 is 0 Å². The Morgan fingerprint density at radius 1 is 1.14 bits per heavy atom. The second-order valence-corrected chi connectivity index (χ2v) is 7.75. The van der Waals surface area contributed by atoms with Crippen molar-refractivity contribution in [3.05, 3.63) is 39.0 Å². The van der Waals surface area contributed by atoms with E-state index in [0.717, 1.165) is 17.0 Å². The largest absolute Gasteiger partial charge is 0.326 e. The first-order chi connectivity index (χ1) is 10.6. The van der Waals surface area contributed by atoms with E-state index in [2.05, 4.69) is 21.9 Å². The van der Waals surface area contributed by atoms with Crippen LogP contribution in [0, 0.1) is 0 Å². The summed E-state index contributed by atoms with van der Waals surface area (Å²) < 4.78 is 0. The number of benzene rings is 1. The highest BCUT2D eigenvalue weighted by atomic mass is 32.2. The van der Waals surface area contributed by atoms with Gasteiger partial charge in [-0.05, 0) is 50.9 Å². The molecule has 2 saturated heterocycles. The predicted octanol–water partition coefficient (Wildman–Crippen LogP) is 1.93. The van der Waals surface area contributed by atoms with Gasteiger partial charge in [-0.2, -0.15) is 0 Å². The number of fused-ring (bicyclic) bond motifs is 3. The lowest BCUT2D eigenvalue weighted by Crippen LogP contribution is -2.40. The Morgan fingerprint density at radius 3 is 2.59 bits per heavy atom. The highest BCUT2D eigenvalue weighted by molar-refractivity contribution is 8.00. The number of aromatic amines is 2. The van der Waals surface area contributed by atoms with Gasteiger partial charge in [-0.15, -0.1) is 11.8 Å². The Labute approximate surface area is 132 Å². The molecular weight excluding hydrogens is 298 g/mol. The maximum Gasteiger partial charge on any atom is 0.326 e. The van der Waals surface area contributed by atoms with Crippen LogP contribution in [0.2, 0.25) is 0 Å². The molecule has 0 amide bonds. The van der Waals surface area contributed by atoms with Crippen LogP contribution < -0.4 is 11.2 Å². The number of nitrogens with zero attached hydrogens (tertiary/aromatic N) is 1. The van der Waals surface area contributed by atoms with Gasteiger partial charge in [0.25, 0.3) is 5.56 Å². The van der Waals surface area contributed by atoms with Crippen molar-refractivity contribution in [3.63, 3.8) is 0 Å². The van der Waals surface area contributed by atoms with Crippen LogP contribution in [0.25, 0.3) is 10.9 Å². The van der Waals surface area contributed by atoms with E-state index in [1.165, 1.54) is 25.7 Å². The van der Waals surface area contributed by atoms with Crippen LogP contribution in [0.3, 0.4) is 0 Å². The van der Waals surface area contributed by atoms with Gasteiger partial charge < -0.3 is 9.88 Å². The molecular formula is C16H19N3O2S. The van der Waals surface area contributed by atoms with Crippen molar-refractivity contribution in [1.82, 2.24) is 14.9 Å². The summed E-state index contributed by atoms with van der Waals surface area (Å²) in [6.45, 7) is 0. The van der Waals surface area contributed by atoms with E-state index in [4.69, 9.17) is 0 Å². The summed E-state index contributed by atoms with van der Waals surface area (Å²) in [7, 11) is 2.25. The number of aromatic nitrogens is 2. The molecule has 1 unspecified atom stereocenters. The van der Waals surface area contributed by atoms with Crippen LogP contribution in [0.5, 0.6) is 0 Å². The molecule has 2 bridgehead atoms. The Morgan fingerprint density at radius 2 is 1.86 bits per heavy atom. The molecule has 3 atom stereocenters. The first kappa shape index (κ1) is 14.1. The quantitative estimate of drug-likeness (QED) is 0.888. The van der Waals surface area contributed by atoms with Crippen molar-refractivity contribution in [3.8, 4) is 0 Å². The third-order valence-corrected chi connectivity index (χ3v) is 6.31. The van der Waals surface area contributed by atoms with Crippen molar-refractivity contribution >= 4 is 22.7 Å². The van der Waals surface area contributed by atoms with Gasteiger partial charge in [-0.25, -0.2) is 4.79 Å². The van der Waals surface area contributed by atoms with Crippen molar-refractivity contribution in [1.29, 1.82) is 0 Å². The van der Waals surface area contributed by atoms with Crippen LogP contribution in [-0.2, 0) is 0 Å². The van der Waals surface area contributed by atoms with Crippen LogP contribution in [0.1, 0.15) is 25.7 Å². The first-order valence-corrected chi connectivity index (χ1v) is 8.63. The molecule has 2 N–H and O–H groups in total. The molecule has 6 heteroatoms. The lowest BCUT2D eigenvalue weighted by Gasteiger charge is -2.36. The molecule has 22 heavy (non-hydrogen) atoms. The normalized spacial score (nSPS) is 28.3. The number of rotatable bonds is 2. The Bertz CT molecular complexity index is 814. The van der Waals surface area contributed by atoms with Gasteiger partial charge in [0.15, 0.2) is 0 Å².